The van der Waals surface area contributed by atoms with Crippen LogP contribution < -0.4 is 5.32 Å². The van der Waals surface area contributed by atoms with E-state index in [4.69, 9.17) is 0 Å². The molecule has 5 heteroatoms. The van der Waals surface area contributed by atoms with Crippen molar-refractivity contribution in [2.45, 2.75) is 58.0 Å². The molecule has 0 aromatic heterocycles. The summed E-state index contributed by atoms with van der Waals surface area (Å²) in [5.74, 6) is -0.302. The Balaban J connectivity index is 1.97. The van der Waals surface area contributed by atoms with E-state index >= 15 is 0 Å². The summed E-state index contributed by atoms with van der Waals surface area (Å²) in [6.45, 7) is 4.48. The molecule has 3 unspecified atom stereocenters. The maximum atomic E-state index is 12.3. The quantitative estimate of drug-likeness (QED) is 0.823. The maximum absolute atomic E-state index is 12.3. The highest BCUT2D eigenvalue weighted by Gasteiger charge is 2.38. The predicted molar refractivity (Wildman–Crippen MR) is 71.9 cm³/mol. The zero-order valence-corrected chi connectivity index (χ0v) is 11.8. The van der Waals surface area contributed by atoms with E-state index in [-0.39, 0.29) is 18.0 Å². The molecule has 0 radical (unpaired) electrons. The van der Waals surface area contributed by atoms with Crippen molar-refractivity contribution in [1.29, 1.82) is 0 Å². The number of carboxylic acid groups (broad SMARTS) is 1. The van der Waals surface area contributed by atoms with Crippen LogP contribution in [-0.4, -0.2) is 40.6 Å². The third-order valence-electron chi connectivity index (χ3n) is 4.66. The van der Waals surface area contributed by atoms with Crippen LogP contribution in [0.15, 0.2) is 0 Å². The number of urea groups is 1. The van der Waals surface area contributed by atoms with Crippen molar-refractivity contribution in [3.63, 3.8) is 0 Å². The van der Waals surface area contributed by atoms with Gasteiger partial charge >= 0.3 is 12.0 Å². The van der Waals surface area contributed by atoms with Crippen LogP contribution in [-0.2, 0) is 4.79 Å². The Bertz CT molecular complexity index is 355. The Labute approximate surface area is 114 Å². The second kappa shape index (κ2) is 5.80. The molecule has 2 aliphatic rings. The zero-order valence-electron chi connectivity index (χ0n) is 11.8. The lowest BCUT2D eigenvalue weighted by Crippen LogP contribution is -2.57. The van der Waals surface area contributed by atoms with Gasteiger partial charge in [0, 0.05) is 12.6 Å². The van der Waals surface area contributed by atoms with Gasteiger partial charge in [-0.3, -0.25) is 0 Å². The van der Waals surface area contributed by atoms with E-state index in [1.54, 1.807) is 0 Å². The number of carbonyl (C=O) groups is 2. The number of rotatable bonds is 3. The number of hydrogen-bond donors (Lipinski definition) is 2. The summed E-state index contributed by atoms with van der Waals surface area (Å²) in [5, 5.41) is 12.3. The molecule has 2 rings (SSSR count). The lowest BCUT2D eigenvalue weighted by molar-refractivity contribution is -0.145. The standard InChI is InChI=1S/C14H24N2O3/c1-9-5-4-8-16(12(9)13(17)18)14(19)15-10(2)11-6-3-7-11/h9-12H,3-8H2,1-2H3,(H,15,19)(H,17,18). The fourth-order valence-corrected chi connectivity index (χ4v) is 3.13. The summed E-state index contributed by atoms with van der Waals surface area (Å²) >= 11 is 0. The van der Waals surface area contributed by atoms with Crippen molar-refractivity contribution < 1.29 is 14.7 Å². The van der Waals surface area contributed by atoms with Gasteiger partial charge in [0.25, 0.3) is 0 Å². The molecule has 1 aliphatic heterocycles. The second-order valence-electron chi connectivity index (χ2n) is 6.03. The highest BCUT2D eigenvalue weighted by atomic mass is 16.4. The SMILES string of the molecule is CC1CCCN(C(=O)NC(C)C2CCC2)C1C(=O)O. The minimum atomic E-state index is -0.890. The first-order valence-corrected chi connectivity index (χ1v) is 7.30. The number of aliphatic carboxylic acids is 1. The predicted octanol–water partition coefficient (Wildman–Crippen LogP) is 2.07. The molecule has 19 heavy (non-hydrogen) atoms. The molecular formula is C14H24N2O3. The van der Waals surface area contributed by atoms with Crippen LogP contribution >= 0.6 is 0 Å². The minimum Gasteiger partial charge on any atom is -0.480 e. The van der Waals surface area contributed by atoms with Crippen molar-refractivity contribution in [2.24, 2.45) is 11.8 Å². The number of likely N-dealkylation sites (tertiary alicyclic amines) is 1. The second-order valence-corrected chi connectivity index (χ2v) is 6.03. The van der Waals surface area contributed by atoms with Crippen molar-refractivity contribution in [2.75, 3.05) is 6.54 Å². The fourth-order valence-electron chi connectivity index (χ4n) is 3.13. The van der Waals surface area contributed by atoms with Crippen LogP contribution in [0.5, 0.6) is 0 Å². The first kappa shape index (κ1) is 14.2. The smallest absolute Gasteiger partial charge is 0.326 e. The van der Waals surface area contributed by atoms with E-state index < -0.39 is 12.0 Å². The third-order valence-corrected chi connectivity index (χ3v) is 4.66. The Kier molecular flexibility index (Phi) is 4.32. The third kappa shape index (κ3) is 3.01. The monoisotopic (exact) mass is 268 g/mol. The molecule has 0 aromatic rings. The molecule has 108 valence electrons. The summed E-state index contributed by atoms with van der Waals surface area (Å²) in [4.78, 5) is 25.1. The Morgan fingerprint density at radius 1 is 1.26 bits per heavy atom. The van der Waals surface area contributed by atoms with Gasteiger partial charge in [0.1, 0.15) is 6.04 Å². The molecule has 0 aromatic carbocycles. The highest BCUT2D eigenvalue weighted by Crippen LogP contribution is 2.30. The van der Waals surface area contributed by atoms with Gasteiger partial charge in [-0.1, -0.05) is 13.3 Å². The molecule has 2 N–H and O–H groups in total. The van der Waals surface area contributed by atoms with E-state index in [0.29, 0.717) is 12.5 Å². The number of nitrogens with zero attached hydrogens (tertiary/aromatic N) is 1. The van der Waals surface area contributed by atoms with Gasteiger partial charge < -0.3 is 15.3 Å². The number of nitrogens with one attached hydrogen (secondary N) is 1. The molecule has 1 heterocycles. The minimum absolute atomic E-state index is 0.0241. The number of hydrogen-bond acceptors (Lipinski definition) is 2. The maximum Gasteiger partial charge on any atom is 0.326 e. The number of piperidine rings is 1. The molecule has 1 saturated heterocycles. The Hall–Kier alpha value is -1.26. The zero-order chi connectivity index (χ0) is 14.0. The molecule has 2 amide bonds. The molecule has 1 aliphatic carbocycles. The number of amides is 2. The summed E-state index contributed by atoms with van der Waals surface area (Å²) in [6.07, 6.45) is 5.33. The van der Waals surface area contributed by atoms with E-state index in [2.05, 4.69) is 5.32 Å². The first-order valence-electron chi connectivity index (χ1n) is 7.30. The number of carbonyl (C=O) groups excluding carboxylic acids is 1. The fraction of sp³-hybridized carbons (Fsp3) is 0.857. The Morgan fingerprint density at radius 3 is 2.47 bits per heavy atom. The molecule has 0 spiro atoms. The van der Waals surface area contributed by atoms with Crippen LogP contribution in [0.3, 0.4) is 0 Å². The Morgan fingerprint density at radius 2 is 1.95 bits per heavy atom. The molecular weight excluding hydrogens is 244 g/mol. The number of carboxylic acids is 1. The van der Waals surface area contributed by atoms with Gasteiger partial charge in [0.2, 0.25) is 0 Å². The molecule has 2 fully saturated rings. The van der Waals surface area contributed by atoms with Crippen molar-refractivity contribution >= 4 is 12.0 Å². The molecule has 1 saturated carbocycles. The van der Waals surface area contributed by atoms with Gasteiger partial charge in [0.15, 0.2) is 0 Å². The van der Waals surface area contributed by atoms with Gasteiger partial charge in [-0.25, -0.2) is 9.59 Å². The van der Waals surface area contributed by atoms with Gasteiger partial charge in [0.05, 0.1) is 0 Å². The topological polar surface area (TPSA) is 69.6 Å². The van der Waals surface area contributed by atoms with E-state index in [9.17, 15) is 14.7 Å². The highest BCUT2D eigenvalue weighted by molar-refractivity contribution is 5.83. The van der Waals surface area contributed by atoms with Crippen LogP contribution in [0.2, 0.25) is 0 Å². The largest absolute Gasteiger partial charge is 0.480 e. The van der Waals surface area contributed by atoms with Crippen LogP contribution in [0, 0.1) is 11.8 Å². The van der Waals surface area contributed by atoms with Gasteiger partial charge in [-0.2, -0.15) is 0 Å². The van der Waals surface area contributed by atoms with E-state index in [1.807, 2.05) is 13.8 Å². The lowest BCUT2D eigenvalue weighted by atomic mass is 9.80. The first-order chi connectivity index (χ1) is 9.00. The molecule has 0 bridgehead atoms. The van der Waals surface area contributed by atoms with Gasteiger partial charge in [-0.05, 0) is 44.4 Å². The normalized spacial score (nSPS) is 29.5. The molecule has 5 nitrogen and oxygen atoms in total. The average Bonchev–Trinajstić information content (AvgIpc) is 2.25. The van der Waals surface area contributed by atoms with Crippen LogP contribution in [0.1, 0.15) is 46.0 Å². The molecule has 3 atom stereocenters. The summed E-state index contributed by atoms with van der Waals surface area (Å²) < 4.78 is 0. The van der Waals surface area contributed by atoms with Crippen molar-refractivity contribution in [1.82, 2.24) is 10.2 Å². The summed E-state index contributed by atoms with van der Waals surface area (Å²) in [6, 6.07) is -0.742. The summed E-state index contributed by atoms with van der Waals surface area (Å²) in [7, 11) is 0. The average molecular weight is 268 g/mol. The van der Waals surface area contributed by atoms with E-state index in [0.717, 1.165) is 12.8 Å². The summed E-state index contributed by atoms with van der Waals surface area (Å²) in [5.41, 5.74) is 0. The van der Waals surface area contributed by atoms with Crippen LogP contribution in [0.4, 0.5) is 4.79 Å². The van der Waals surface area contributed by atoms with E-state index in [1.165, 1.54) is 24.2 Å². The van der Waals surface area contributed by atoms with Crippen molar-refractivity contribution in [3.05, 3.63) is 0 Å². The van der Waals surface area contributed by atoms with Gasteiger partial charge in [-0.15, -0.1) is 0 Å². The lowest BCUT2D eigenvalue weighted by Gasteiger charge is -2.39. The van der Waals surface area contributed by atoms with Crippen molar-refractivity contribution in [3.8, 4) is 0 Å². The van der Waals surface area contributed by atoms with Crippen LogP contribution in [0.25, 0.3) is 0 Å².